The van der Waals surface area contributed by atoms with Crippen molar-refractivity contribution < 1.29 is 4.79 Å². The van der Waals surface area contributed by atoms with Crippen molar-refractivity contribution in [3.05, 3.63) is 59.2 Å². The zero-order valence-electron chi connectivity index (χ0n) is 13.3. The molecular weight excluding hydrogens is 284 g/mol. The van der Waals surface area contributed by atoms with Crippen LogP contribution in [0.25, 0.3) is 11.1 Å². The third kappa shape index (κ3) is 2.22. The Labute approximate surface area is 136 Å². The van der Waals surface area contributed by atoms with Gasteiger partial charge < -0.3 is 5.73 Å². The molecule has 1 unspecified atom stereocenters. The predicted molar refractivity (Wildman–Crippen MR) is 90.7 cm³/mol. The van der Waals surface area contributed by atoms with Gasteiger partial charge in [-0.15, -0.1) is 0 Å². The Hall–Kier alpha value is -2.60. The second-order valence-corrected chi connectivity index (χ2v) is 6.10. The van der Waals surface area contributed by atoms with Crippen molar-refractivity contribution in [3.63, 3.8) is 0 Å². The fourth-order valence-corrected chi connectivity index (χ4v) is 3.76. The Kier molecular flexibility index (Phi) is 3.92. The van der Waals surface area contributed by atoms with Gasteiger partial charge in [0.05, 0.1) is 6.07 Å². The SMILES string of the molecule is CCCc1ccc2c(c1)C(CCC#N)(C(N)=O)c1ccccc1-2. The molecule has 0 saturated carbocycles. The maximum Gasteiger partial charge on any atom is 0.232 e. The Morgan fingerprint density at radius 3 is 2.61 bits per heavy atom. The number of fused-ring (bicyclic) bond motifs is 3. The van der Waals surface area contributed by atoms with Gasteiger partial charge >= 0.3 is 0 Å². The van der Waals surface area contributed by atoms with Crippen LogP contribution in [0.4, 0.5) is 0 Å². The van der Waals surface area contributed by atoms with Crippen LogP contribution < -0.4 is 5.73 Å². The Morgan fingerprint density at radius 2 is 1.91 bits per heavy atom. The summed E-state index contributed by atoms with van der Waals surface area (Å²) in [6.07, 6.45) is 2.75. The molecule has 0 aliphatic heterocycles. The maximum atomic E-state index is 12.5. The van der Waals surface area contributed by atoms with Crippen molar-refractivity contribution in [2.24, 2.45) is 5.73 Å². The van der Waals surface area contributed by atoms with Gasteiger partial charge in [-0.1, -0.05) is 55.8 Å². The highest BCUT2D eigenvalue weighted by Gasteiger charge is 2.47. The minimum Gasteiger partial charge on any atom is -0.369 e. The van der Waals surface area contributed by atoms with Crippen molar-refractivity contribution in [2.75, 3.05) is 0 Å². The van der Waals surface area contributed by atoms with Gasteiger partial charge in [0.2, 0.25) is 5.91 Å². The van der Waals surface area contributed by atoms with Crippen molar-refractivity contribution >= 4 is 5.91 Å². The molecule has 2 aromatic carbocycles. The van der Waals surface area contributed by atoms with Crippen molar-refractivity contribution in [2.45, 2.75) is 38.0 Å². The number of carbonyl (C=O) groups excluding carboxylic acids is 1. The molecule has 1 aliphatic carbocycles. The minimum atomic E-state index is -0.884. The van der Waals surface area contributed by atoms with Crippen molar-refractivity contribution in [1.29, 1.82) is 5.26 Å². The molecule has 1 aliphatic rings. The summed E-state index contributed by atoms with van der Waals surface area (Å²) in [4.78, 5) is 12.5. The summed E-state index contributed by atoms with van der Waals surface area (Å²) in [7, 11) is 0. The fourth-order valence-electron chi connectivity index (χ4n) is 3.76. The van der Waals surface area contributed by atoms with Gasteiger partial charge in [0.15, 0.2) is 0 Å². The number of primary amides is 1. The van der Waals surface area contributed by atoms with E-state index in [1.54, 1.807) is 0 Å². The van der Waals surface area contributed by atoms with Gasteiger partial charge in [0.1, 0.15) is 5.41 Å². The van der Waals surface area contributed by atoms with E-state index in [1.807, 2.05) is 24.3 Å². The molecule has 1 atom stereocenters. The van der Waals surface area contributed by atoms with Gasteiger partial charge in [-0.3, -0.25) is 4.79 Å². The second-order valence-electron chi connectivity index (χ2n) is 6.10. The zero-order chi connectivity index (χ0) is 16.4. The largest absolute Gasteiger partial charge is 0.369 e. The molecule has 23 heavy (non-hydrogen) atoms. The summed E-state index contributed by atoms with van der Waals surface area (Å²) in [5, 5.41) is 9.06. The smallest absolute Gasteiger partial charge is 0.232 e. The van der Waals surface area contributed by atoms with E-state index in [4.69, 9.17) is 11.0 Å². The van der Waals surface area contributed by atoms with Crippen LogP contribution in [0, 0.1) is 11.3 Å². The monoisotopic (exact) mass is 304 g/mol. The molecule has 0 fully saturated rings. The predicted octanol–water partition coefficient (Wildman–Crippen LogP) is 3.69. The van der Waals surface area contributed by atoms with Gasteiger partial charge in [0.25, 0.3) is 0 Å². The first-order chi connectivity index (χ1) is 11.1. The van der Waals surface area contributed by atoms with Crippen LogP contribution >= 0.6 is 0 Å². The van der Waals surface area contributed by atoms with Crippen LogP contribution in [0.3, 0.4) is 0 Å². The number of hydrogen-bond donors (Lipinski definition) is 1. The standard InChI is InChI=1S/C20H20N2O/c1-2-6-14-9-10-16-15-7-3-4-8-17(15)20(19(22)23,11-5-12-21)18(16)13-14/h3-4,7-10,13H,2,5-6,11H2,1H3,(H2,22,23). The van der Waals surface area contributed by atoms with E-state index in [0.29, 0.717) is 12.8 Å². The van der Waals surface area contributed by atoms with Crippen LogP contribution in [-0.4, -0.2) is 5.91 Å². The van der Waals surface area contributed by atoms with Gasteiger partial charge in [-0.2, -0.15) is 5.26 Å². The molecule has 3 heteroatoms. The Bertz CT molecular complexity index is 804. The molecule has 116 valence electrons. The number of amides is 1. The van der Waals surface area contributed by atoms with Crippen LogP contribution in [0.15, 0.2) is 42.5 Å². The van der Waals surface area contributed by atoms with E-state index in [1.165, 1.54) is 5.56 Å². The zero-order valence-corrected chi connectivity index (χ0v) is 13.3. The lowest BCUT2D eigenvalue weighted by Gasteiger charge is -2.28. The number of benzene rings is 2. The number of nitrogens with two attached hydrogens (primary N) is 1. The summed E-state index contributed by atoms with van der Waals surface area (Å²) in [6.45, 7) is 2.14. The lowest BCUT2D eigenvalue weighted by molar-refractivity contribution is -0.122. The van der Waals surface area contributed by atoms with Gasteiger partial charge in [-0.25, -0.2) is 0 Å². The van der Waals surface area contributed by atoms with E-state index in [-0.39, 0.29) is 5.91 Å². The number of rotatable bonds is 5. The highest BCUT2D eigenvalue weighted by atomic mass is 16.1. The highest BCUT2D eigenvalue weighted by molar-refractivity contribution is 5.99. The van der Waals surface area contributed by atoms with E-state index in [0.717, 1.165) is 35.1 Å². The number of carbonyl (C=O) groups is 1. The summed E-state index contributed by atoms with van der Waals surface area (Å²) in [5.41, 5.74) is 10.2. The minimum absolute atomic E-state index is 0.300. The Morgan fingerprint density at radius 1 is 1.17 bits per heavy atom. The molecule has 0 spiro atoms. The van der Waals surface area contributed by atoms with E-state index >= 15 is 0 Å². The first kappa shape index (κ1) is 15.3. The third-order valence-corrected chi connectivity index (χ3v) is 4.79. The third-order valence-electron chi connectivity index (χ3n) is 4.79. The van der Waals surface area contributed by atoms with E-state index in [2.05, 4.69) is 31.2 Å². The number of hydrogen-bond acceptors (Lipinski definition) is 2. The summed E-state index contributed by atoms with van der Waals surface area (Å²) in [5.74, 6) is -0.368. The molecular formula is C20H20N2O. The molecule has 3 rings (SSSR count). The summed E-state index contributed by atoms with van der Waals surface area (Å²) >= 11 is 0. The van der Waals surface area contributed by atoms with Crippen LogP contribution in [-0.2, 0) is 16.6 Å². The Balaban J connectivity index is 2.28. The lowest BCUT2D eigenvalue weighted by Crippen LogP contribution is -2.40. The van der Waals surface area contributed by atoms with Crippen molar-refractivity contribution in [3.8, 4) is 17.2 Å². The topological polar surface area (TPSA) is 66.9 Å². The van der Waals surface area contributed by atoms with Crippen LogP contribution in [0.2, 0.25) is 0 Å². The van der Waals surface area contributed by atoms with E-state index in [9.17, 15) is 4.79 Å². The second kappa shape index (κ2) is 5.89. The number of nitrogens with zero attached hydrogens (tertiary/aromatic N) is 1. The van der Waals surface area contributed by atoms with E-state index < -0.39 is 5.41 Å². The molecule has 2 aromatic rings. The van der Waals surface area contributed by atoms with Crippen LogP contribution in [0.5, 0.6) is 0 Å². The molecule has 0 heterocycles. The summed E-state index contributed by atoms with van der Waals surface area (Å²) in [6, 6.07) is 16.4. The summed E-state index contributed by atoms with van der Waals surface area (Å²) < 4.78 is 0. The van der Waals surface area contributed by atoms with Crippen molar-refractivity contribution in [1.82, 2.24) is 0 Å². The highest BCUT2D eigenvalue weighted by Crippen LogP contribution is 2.51. The molecule has 2 N–H and O–H groups in total. The van der Waals surface area contributed by atoms with Gasteiger partial charge in [-0.05, 0) is 40.7 Å². The lowest BCUT2D eigenvalue weighted by atomic mass is 9.73. The molecule has 0 bridgehead atoms. The molecule has 0 saturated heterocycles. The normalized spacial score (nSPS) is 18.1. The molecule has 3 nitrogen and oxygen atoms in total. The van der Waals surface area contributed by atoms with Gasteiger partial charge in [0, 0.05) is 6.42 Å². The molecule has 0 radical (unpaired) electrons. The fraction of sp³-hybridized carbons (Fsp3) is 0.300. The molecule has 0 aromatic heterocycles. The quantitative estimate of drug-likeness (QED) is 0.915. The average Bonchev–Trinajstić information content (AvgIpc) is 2.84. The number of aryl methyl sites for hydroxylation is 1. The maximum absolute atomic E-state index is 12.5. The first-order valence-electron chi connectivity index (χ1n) is 8.05. The molecule has 1 amide bonds. The first-order valence-corrected chi connectivity index (χ1v) is 8.05. The van der Waals surface area contributed by atoms with Crippen LogP contribution in [0.1, 0.15) is 42.9 Å². The average molecular weight is 304 g/mol. The number of nitriles is 1.